The first-order chi connectivity index (χ1) is 10.1. The zero-order valence-corrected chi connectivity index (χ0v) is 14.2. The van der Waals surface area contributed by atoms with Gasteiger partial charge >= 0.3 is 0 Å². The van der Waals surface area contributed by atoms with Gasteiger partial charge in [-0.1, -0.05) is 45.0 Å². The number of hydrogen-bond donors (Lipinski definition) is 1. The molecule has 1 saturated heterocycles. The summed E-state index contributed by atoms with van der Waals surface area (Å²) in [6.45, 7) is 13.8. The highest BCUT2D eigenvalue weighted by Crippen LogP contribution is 2.28. The van der Waals surface area contributed by atoms with Gasteiger partial charge in [-0.2, -0.15) is 0 Å². The first-order valence-corrected chi connectivity index (χ1v) is 8.62. The van der Waals surface area contributed by atoms with Gasteiger partial charge in [-0.05, 0) is 49.3 Å². The largest absolute Gasteiger partial charge is 0.313 e. The minimum atomic E-state index is 0.701. The van der Waals surface area contributed by atoms with Crippen molar-refractivity contribution in [2.24, 2.45) is 11.8 Å². The Bertz CT molecular complexity index is 412. The van der Waals surface area contributed by atoms with Crippen LogP contribution in [0.5, 0.6) is 0 Å². The first-order valence-electron chi connectivity index (χ1n) is 8.62. The van der Waals surface area contributed by atoms with Gasteiger partial charge in [-0.3, -0.25) is 4.90 Å². The predicted octanol–water partition coefficient (Wildman–Crippen LogP) is 4.05. The summed E-state index contributed by atoms with van der Waals surface area (Å²) in [6.07, 6.45) is 2.57. The fourth-order valence-electron chi connectivity index (χ4n) is 3.45. The van der Waals surface area contributed by atoms with E-state index in [1.54, 1.807) is 0 Å². The van der Waals surface area contributed by atoms with E-state index in [0.717, 1.165) is 31.5 Å². The maximum Gasteiger partial charge on any atom is 0.0236 e. The van der Waals surface area contributed by atoms with E-state index in [-0.39, 0.29) is 0 Å². The lowest BCUT2D eigenvalue weighted by molar-refractivity contribution is 0.0729. The third kappa shape index (κ3) is 4.82. The third-order valence-corrected chi connectivity index (χ3v) is 4.88. The lowest BCUT2D eigenvalue weighted by Gasteiger charge is -2.41. The van der Waals surface area contributed by atoms with Gasteiger partial charge in [-0.25, -0.2) is 0 Å². The molecule has 2 rings (SSSR count). The van der Waals surface area contributed by atoms with Crippen molar-refractivity contribution in [2.45, 2.75) is 59.7 Å². The van der Waals surface area contributed by atoms with Crippen LogP contribution in [0.4, 0.5) is 0 Å². The van der Waals surface area contributed by atoms with E-state index in [0.29, 0.717) is 6.04 Å². The molecule has 1 heterocycles. The van der Waals surface area contributed by atoms with Gasteiger partial charge in [0.15, 0.2) is 0 Å². The Hall–Kier alpha value is -0.860. The molecule has 0 amide bonds. The van der Waals surface area contributed by atoms with Gasteiger partial charge in [0, 0.05) is 25.7 Å². The van der Waals surface area contributed by atoms with Crippen LogP contribution in [-0.2, 0) is 13.1 Å². The second kappa shape index (κ2) is 7.95. The average Bonchev–Trinajstić information content (AvgIpc) is 2.46. The van der Waals surface area contributed by atoms with Crippen LogP contribution in [-0.4, -0.2) is 24.0 Å². The second-order valence-electron chi connectivity index (χ2n) is 6.98. The number of benzene rings is 1. The Morgan fingerprint density at radius 1 is 1.10 bits per heavy atom. The molecule has 1 aliphatic heterocycles. The molecule has 2 heteroatoms. The van der Waals surface area contributed by atoms with Crippen LogP contribution in [0.1, 0.15) is 51.7 Å². The Morgan fingerprint density at radius 2 is 1.76 bits per heavy atom. The Morgan fingerprint density at radius 3 is 2.43 bits per heavy atom. The van der Waals surface area contributed by atoms with Crippen molar-refractivity contribution in [1.29, 1.82) is 0 Å². The SMILES string of the molecule is CCCNCc1ccc(CN2CC(C)CC(C)C2C)cc1. The second-order valence-corrected chi connectivity index (χ2v) is 6.98. The van der Waals surface area contributed by atoms with Gasteiger partial charge < -0.3 is 5.32 Å². The van der Waals surface area contributed by atoms with E-state index in [1.807, 2.05) is 0 Å². The maximum absolute atomic E-state index is 3.46. The molecule has 118 valence electrons. The van der Waals surface area contributed by atoms with Crippen molar-refractivity contribution in [3.8, 4) is 0 Å². The molecular formula is C19H32N2. The fourth-order valence-corrected chi connectivity index (χ4v) is 3.45. The van der Waals surface area contributed by atoms with Crippen molar-refractivity contribution < 1.29 is 0 Å². The molecular weight excluding hydrogens is 256 g/mol. The zero-order valence-electron chi connectivity index (χ0n) is 14.2. The van der Waals surface area contributed by atoms with Crippen LogP contribution >= 0.6 is 0 Å². The Kier molecular flexibility index (Phi) is 6.25. The minimum Gasteiger partial charge on any atom is -0.313 e. The maximum atomic E-state index is 3.46. The van der Waals surface area contributed by atoms with E-state index < -0.39 is 0 Å². The number of hydrogen-bond acceptors (Lipinski definition) is 2. The van der Waals surface area contributed by atoms with Gasteiger partial charge in [0.1, 0.15) is 0 Å². The highest BCUT2D eigenvalue weighted by atomic mass is 15.2. The summed E-state index contributed by atoms with van der Waals surface area (Å²) < 4.78 is 0. The Balaban J connectivity index is 1.90. The number of nitrogens with one attached hydrogen (secondary N) is 1. The molecule has 3 atom stereocenters. The summed E-state index contributed by atoms with van der Waals surface area (Å²) in [7, 11) is 0. The molecule has 0 aliphatic carbocycles. The van der Waals surface area contributed by atoms with Crippen LogP contribution in [0.3, 0.4) is 0 Å². The molecule has 1 fully saturated rings. The smallest absolute Gasteiger partial charge is 0.0236 e. The summed E-state index contributed by atoms with van der Waals surface area (Å²) >= 11 is 0. The standard InChI is InChI=1S/C19H32N2/c1-5-10-20-12-18-6-8-19(9-7-18)14-21-13-15(2)11-16(3)17(21)4/h6-9,15-17,20H,5,10-14H2,1-4H3. The fraction of sp³-hybridized carbons (Fsp3) is 0.684. The lowest BCUT2D eigenvalue weighted by atomic mass is 9.86. The molecule has 3 unspecified atom stereocenters. The summed E-state index contributed by atoms with van der Waals surface area (Å²) in [4.78, 5) is 2.66. The molecule has 0 saturated carbocycles. The lowest BCUT2D eigenvalue weighted by Crippen LogP contribution is -2.45. The molecule has 1 N–H and O–H groups in total. The number of piperidine rings is 1. The van der Waals surface area contributed by atoms with E-state index in [1.165, 1.54) is 30.5 Å². The van der Waals surface area contributed by atoms with E-state index in [2.05, 4.69) is 62.2 Å². The van der Waals surface area contributed by atoms with E-state index >= 15 is 0 Å². The van der Waals surface area contributed by atoms with Crippen molar-refractivity contribution >= 4 is 0 Å². The van der Waals surface area contributed by atoms with Crippen molar-refractivity contribution in [2.75, 3.05) is 13.1 Å². The summed E-state index contributed by atoms with van der Waals surface area (Å²) in [6, 6.07) is 9.87. The van der Waals surface area contributed by atoms with Crippen LogP contribution in [0.2, 0.25) is 0 Å². The molecule has 1 aromatic rings. The average molecular weight is 288 g/mol. The molecule has 2 nitrogen and oxygen atoms in total. The third-order valence-electron chi connectivity index (χ3n) is 4.88. The number of likely N-dealkylation sites (tertiary alicyclic amines) is 1. The highest BCUT2D eigenvalue weighted by Gasteiger charge is 2.28. The molecule has 21 heavy (non-hydrogen) atoms. The van der Waals surface area contributed by atoms with Gasteiger partial charge in [0.05, 0.1) is 0 Å². The van der Waals surface area contributed by atoms with Gasteiger partial charge in [-0.15, -0.1) is 0 Å². The Labute approximate surface area is 130 Å². The van der Waals surface area contributed by atoms with Gasteiger partial charge in [0.25, 0.3) is 0 Å². The number of rotatable bonds is 6. The summed E-state index contributed by atoms with van der Waals surface area (Å²) in [5.41, 5.74) is 2.84. The zero-order chi connectivity index (χ0) is 15.2. The normalized spacial score (nSPS) is 27.0. The summed E-state index contributed by atoms with van der Waals surface area (Å²) in [5, 5.41) is 3.46. The van der Waals surface area contributed by atoms with Crippen LogP contribution < -0.4 is 5.32 Å². The number of nitrogens with zero attached hydrogens (tertiary/aromatic N) is 1. The molecule has 0 aromatic heterocycles. The van der Waals surface area contributed by atoms with Gasteiger partial charge in [0.2, 0.25) is 0 Å². The minimum absolute atomic E-state index is 0.701. The monoisotopic (exact) mass is 288 g/mol. The van der Waals surface area contributed by atoms with Crippen LogP contribution in [0.15, 0.2) is 24.3 Å². The van der Waals surface area contributed by atoms with Crippen molar-refractivity contribution in [3.63, 3.8) is 0 Å². The first kappa shape index (κ1) is 16.5. The van der Waals surface area contributed by atoms with Crippen LogP contribution in [0, 0.1) is 11.8 Å². The summed E-state index contributed by atoms with van der Waals surface area (Å²) in [5.74, 6) is 1.64. The molecule has 0 bridgehead atoms. The molecule has 1 aliphatic rings. The topological polar surface area (TPSA) is 15.3 Å². The quantitative estimate of drug-likeness (QED) is 0.794. The molecule has 0 radical (unpaired) electrons. The highest BCUT2D eigenvalue weighted by molar-refractivity contribution is 5.22. The van der Waals surface area contributed by atoms with Crippen LogP contribution in [0.25, 0.3) is 0 Å². The van der Waals surface area contributed by atoms with E-state index in [9.17, 15) is 0 Å². The molecule has 1 aromatic carbocycles. The predicted molar refractivity (Wildman–Crippen MR) is 91.3 cm³/mol. The molecule has 0 spiro atoms. The van der Waals surface area contributed by atoms with E-state index in [4.69, 9.17) is 0 Å². The van der Waals surface area contributed by atoms with Crippen molar-refractivity contribution in [1.82, 2.24) is 10.2 Å². The van der Waals surface area contributed by atoms with Crippen molar-refractivity contribution in [3.05, 3.63) is 35.4 Å².